The van der Waals surface area contributed by atoms with Crippen molar-refractivity contribution in [3.63, 3.8) is 0 Å². The number of pyridine rings is 1. The second kappa shape index (κ2) is 8.25. The fourth-order valence-electron chi connectivity index (χ4n) is 4.92. The lowest BCUT2D eigenvalue weighted by Crippen LogP contribution is -2.57. The maximum atomic E-state index is 12.6. The van der Waals surface area contributed by atoms with Gasteiger partial charge >= 0.3 is 0 Å². The van der Waals surface area contributed by atoms with Crippen LogP contribution in [0.1, 0.15) is 47.4 Å². The second-order valence-electron chi connectivity index (χ2n) is 9.38. The van der Waals surface area contributed by atoms with Crippen molar-refractivity contribution in [1.82, 2.24) is 19.4 Å². The van der Waals surface area contributed by atoms with E-state index in [1.165, 1.54) is 0 Å². The summed E-state index contributed by atoms with van der Waals surface area (Å²) in [5, 5.41) is 14.6. The first-order valence-corrected chi connectivity index (χ1v) is 11.3. The van der Waals surface area contributed by atoms with E-state index in [9.17, 15) is 9.90 Å². The maximum Gasteiger partial charge on any atom is 0.289 e. The third-order valence-electron chi connectivity index (χ3n) is 6.69. The van der Waals surface area contributed by atoms with Gasteiger partial charge in [0, 0.05) is 51.4 Å². The summed E-state index contributed by atoms with van der Waals surface area (Å²) in [7, 11) is 3.57. The van der Waals surface area contributed by atoms with Gasteiger partial charge in [-0.05, 0) is 37.1 Å². The summed E-state index contributed by atoms with van der Waals surface area (Å²) in [4.78, 5) is 29.0. The smallest absolute Gasteiger partial charge is 0.289 e. The van der Waals surface area contributed by atoms with Crippen molar-refractivity contribution in [2.24, 2.45) is 12.0 Å². The van der Waals surface area contributed by atoms with Crippen molar-refractivity contribution in [1.29, 1.82) is 0 Å². The van der Waals surface area contributed by atoms with Gasteiger partial charge in [0.15, 0.2) is 12.1 Å². The molecule has 34 heavy (non-hydrogen) atoms. The van der Waals surface area contributed by atoms with E-state index in [2.05, 4.69) is 40.2 Å². The first-order chi connectivity index (χ1) is 16.3. The zero-order chi connectivity index (χ0) is 24.0. The van der Waals surface area contributed by atoms with Crippen LogP contribution >= 0.6 is 0 Å². The lowest BCUT2D eigenvalue weighted by molar-refractivity contribution is 0.0608. The summed E-state index contributed by atoms with van der Waals surface area (Å²) < 4.78 is 1.73. The highest BCUT2D eigenvalue weighted by Crippen LogP contribution is 2.47. The van der Waals surface area contributed by atoms with E-state index in [1.807, 2.05) is 36.4 Å². The molecule has 2 aliphatic rings. The zero-order valence-electron chi connectivity index (χ0n) is 19.8. The molecular weight excluding hydrogens is 430 g/mol. The first-order valence-electron chi connectivity index (χ1n) is 11.3. The van der Waals surface area contributed by atoms with Crippen LogP contribution in [0.4, 0.5) is 11.4 Å². The molecule has 1 fully saturated rings. The number of nitrogens with zero attached hydrogens (tertiary/aromatic N) is 6. The lowest BCUT2D eigenvalue weighted by Gasteiger charge is -2.40. The van der Waals surface area contributed by atoms with E-state index in [1.54, 1.807) is 41.3 Å². The van der Waals surface area contributed by atoms with Gasteiger partial charge in [-0.1, -0.05) is 12.1 Å². The minimum absolute atomic E-state index is 0.0652. The summed E-state index contributed by atoms with van der Waals surface area (Å²) in [6, 6.07) is 8.16. The number of benzene rings is 1. The lowest BCUT2D eigenvalue weighted by atomic mass is 9.92. The van der Waals surface area contributed by atoms with Gasteiger partial charge in [0.2, 0.25) is 0 Å². The number of aryl methyl sites for hydroxylation is 1. The number of aliphatic hydroxyl groups excluding tert-OH is 1. The van der Waals surface area contributed by atoms with Crippen LogP contribution in [0, 0.1) is 0 Å². The Morgan fingerprint density at radius 2 is 2.06 bits per heavy atom. The Morgan fingerprint density at radius 3 is 2.76 bits per heavy atom. The molecule has 1 saturated heterocycles. The summed E-state index contributed by atoms with van der Waals surface area (Å²) in [5.74, 6) is 0.380. The SMILES string of the molecule is CN=Cc1ccc2c(c1)C(C)(C)N(c1cncc(NC3CN(C(=O)c4nccn4C)C3)c1)C2O. The largest absolute Gasteiger partial charge is 0.377 e. The maximum absolute atomic E-state index is 12.6. The molecule has 0 spiro atoms. The number of hydrogen-bond acceptors (Lipinski definition) is 7. The Balaban J connectivity index is 1.31. The number of nitrogens with one attached hydrogen (secondary N) is 1. The Bertz CT molecular complexity index is 1260. The predicted molar refractivity (Wildman–Crippen MR) is 131 cm³/mol. The molecule has 0 radical (unpaired) electrons. The first kappa shape index (κ1) is 22.1. The number of imidazole rings is 1. The van der Waals surface area contributed by atoms with E-state index in [0.29, 0.717) is 18.9 Å². The third-order valence-corrected chi connectivity index (χ3v) is 6.69. The highest BCUT2D eigenvalue weighted by molar-refractivity contribution is 5.91. The van der Waals surface area contributed by atoms with Crippen molar-refractivity contribution in [3.8, 4) is 0 Å². The van der Waals surface area contributed by atoms with E-state index in [4.69, 9.17) is 0 Å². The third kappa shape index (κ3) is 3.62. The quantitative estimate of drug-likeness (QED) is 0.569. The molecule has 9 nitrogen and oxygen atoms in total. The number of fused-ring (bicyclic) bond motifs is 1. The van der Waals surface area contributed by atoms with Crippen LogP contribution < -0.4 is 10.2 Å². The van der Waals surface area contributed by atoms with Crippen LogP contribution in [0.3, 0.4) is 0 Å². The van der Waals surface area contributed by atoms with E-state index in [0.717, 1.165) is 28.1 Å². The fourth-order valence-corrected chi connectivity index (χ4v) is 4.92. The van der Waals surface area contributed by atoms with Crippen LogP contribution in [-0.2, 0) is 12.6 Å². The van der Waals surface area contributed by atoms with Crippen LogP contribution in [-0.4, -0.2) is 62.8 Å². The molecule has 1 amide bonds. The number of carbonyl (C=O) groups is 1. The Hall–Kier alpha value is -3.72. The summed E-state index contributed by atoms with van der Waals surface area (Å²) in [6.45, 7) is 5.39. The standard InChI is InChI=1S/C25H29N7O2/c1-25(2)21-9-16(11-26-3)5-6-20(21)23(33)32(25)19-10-17(12-27-13-19)29-18-14-31(15-18)24(34)22-28-7-8-30(22)4/h5-13,18,23,29,33H,14-15H2,1-4H3. The molecule has 2 aromatic heterocycles. The molecule has 0 saturated carbocycles. The number of anilines is 2. The highest BCUT2D eigenvalue weighted by Gasteiger charge is 2.44. The van der Waals surface area contributed by atoms with E-state index in [-0.39, 0.29) is 11.9 Å². The van der Waals surface area contributed by atoms with Gasteiger partial charge in [-0.2, -0.15) is 0 Å². The van der Waals surface area contributed by atoms with Crippen molar-refractivity contribution >= 4 is 23.5 Å². The van der Waals surface area contributed by atoms with Crippen molar-refractivity contribution < 1.29 is 9.90 Å². The molecule has 5 rings (SSSR count). The summed E-state index contributed by atoms with van der Waals surface area (Å²) >= 11 is 0. The molecule has 0 bridgehead atoms. The van der Waals surface area contributed by atoms with Gasteiger partial charge < -0.3 is 24.8 Å². The monoisotopic (exact) mass is 459 g/mol. The van der Waals surface area contributed by atoms with Gasteiger partial charge in [0.1, 0.15) is 0 Å². The molecule has 2 aliphatic heterocycles. The fraction of sp³-hybridized carbons (Fsp3) is 0.360. The van der Waals surface area contributed by atoms with Crippen molar-refractivity contribution in [2.75, 3.05) is 30.4 Å². The zero-order valence-corrected chi connectivity index (χ0v) is 19.8. The van der Waals surface area contributed by atoms with Gasteiger partial charge in [-0.3, -0.25) is 14.8 Å². The van der Waals surface area contributed by atoms with Crippen LogP contribution in [0.25, 0.3) is 0 Å². The molecule has 4 heterocycles. The number of aliphatic imine (C=N–C) groups is 1. The van der Waals surface area contributed by atoms with E-state index >= 15 is 0 Å². The summed E-state index contributed by atoms with van der Waals surface area (Å²) in [6.07, 6.45) is 7.98. The summed E-state index contributed by atoms with van der Waals surface area (Å²) in [5.41, 5.74) is 4.20. The highest BCUT2D eigenvalue weighted by atomic mass is 16.3. The molecular formula is C25H29N7O2. The van der Waals surface area contributed by atoms with Gasteiger partial charge in [-0.15, -0.1) is 0 Å². The van der Waals surface area contributed by atoms with Crippen LogP contribution in [0.5, 0.6) is 0 Å². The molecule has 3 aromatic rings. The normalized spacial score (nSPS) is 19.4. The average Bonchev–Trinajstić information content (AvgIpc) is 3.29. The van der Waals surface area contributed by atoms with Crippen molar-refractivity contribution in [3.05, 3.63) is 71.6 Å². The molecule has 0 aliphatic carbocycles. The van der Waals surface area contributed by atoms with Gasteiger partial charge in [0.05, 0.1) is 35.3 Å². The number of hydrogen-bond donors (Lipinski definition) is 2. The molecule has 2 N–H and O–H groups in total. The number of likely N-dealkylation sites (tertiary alicyclic amines) is 1. The number of aliphatic hydroxyl groups is 1. The molecule has 1 atom stereocenters. The molecule has 1 unspecified atom stereocenters. The molecule has 176 valence electrons. The molecule has 9 heteroatoms. The minimum atomic E-state index is -0.774. The van der Waals surface area contributed by atoms with Crippen LogP contribution in [0.15, 0.2) is 54.0 Å². The Kier molecular flexibility index (Phi) is 5.36. The van der Waals surface area contributed by atoms with Gasteiger partial charge in [-0.25, -0.2) is 4.98 Å². The van der Waals surface area contributed by atoms with E-state index < -0.39 is 11.8 Å². The number of rotatable bonds is 5. The number of amides is 1. The second-order valence-corrected chi connectivity index (χ2v) is 9.38. The topological polar surface area (TPSA) is 98.9 Å². The predicted octanol–water partition coefficient (Wildman–Crippen LogP) is 2.55. The Labute approximate surface area is 198 Å². The minimum Gasteiger partial charge on any atom is -0.377 e. The number of carbonyl (C=O) groups excluding carboxylic acids is 1. The van der Waals surface area contributed by atoms with Crippen LogP contribution in [0.2, 0.25) is 0 Å². The molecule has 1 aromatic carbocycles. The Morgan fingerprint density at radius 1 is 1.26 bits per heavy atom. The van der Waals surface area contributed by atoms with Gasteiger partial charge in [0.25, 0.3) is 5.91 Å². The number of aromatic nitrogens is 3. The van der Waals surface area contributed by atoms with Crippen molar-refractivity contribution in [2.45, 2.75) is 31.7 Å². The average molecular weight is 460 g/mol.